The Morgan fingerprint density at radius 2 is 1.81 bits per heavy atom. The predicted molar refractivity (Wildman–Crippen MR) is 97.2 cm³/mol. The van der Waals surface area contributed by atoms with Crippen LogP contribution >= 0.6 is 0 Å². The van der Waals surface area contributed by atoms with Crippen LogP contribution in [0.15, 0.2) is 36.4 Å². The highest BCUT2D eigenvalue weighted by Gasteiger charge is 2.40. The van der Waals surface area contributed by atoms with E-state index in [2.05, 4.69) is 20.4 Å². The van der Waals surface area contributed by atoms with Crippen molar-refractivity contribution in [1.82, 2.24) is 10.2 Å². The third-order valence-electron chi connectivity index (χ3n) is 4.94. The van der Waals surface area contributed by atoms with Crippen molar-refractivity contribution < 1.29 is 14.3 Å². The van der Waals surface area contributed by atoms with Crippen LogP contribution in [0.1, 0.15) is 28.9 Å². The Hall–Kier alpha value is -2.51. The number of anilines is 2. The number of hydrogen-bond acceptors (Lipinski definition) is 6. The number of benzene rings is 1. The molecule has 2 aliphatic heterocycles. The van der Waals surface area contributed by atoms with Gasteiger partial charge < -0.3 is 19.7 Å². The van der Waals surface area contributed by atoms with E-state index in [0.717, 1.165) is 43.0 Å². The number of nitrogens with zero attached hydrogens (tertiary/aromatic N) is 3. The monoisotopic (exact) mass is 354 g/mol. The lowest BCUT2D eigenvalue weighted by Crippen LogP contribution is -2.45. The first-order chi connectivity index (χ1) is 12.7. The number of piperidine rings is 1. The summed E-state index contributed by atoms with van der Waals surface area (Å²) >= 11 is 0. The number of rotatable bonds is 3. The maximum absolute atomic E-state index is 12.4. The van der Waals surface area contributed by atoms with Crippen LogP contribution in [-0.4, -0.2) is 48.2 Å². The molecule has 1 spiro atoms. The van der Waals surface area contributed by atoms with E-state index in [-0.39, 0.29) is 5.91 Å². The highest BCUT2D eigenvalue weighted by molar-refractivity contribution is 6.03. The molecule has 136 valence electrons. The van der Waals surface area contributed by atoms with Gasteiger partial charge in [0, 0.05) is 31.6 Å². The van der Waals surface area contributed by atoms with Gasteiger partial charge in [-0.25, -0.2) is 0 Å². The maximum Gasteiger partial charge on any atom is 0.276 e. The topological polar surface area (TPSA) is 76.6 Å². The molecule has 0 bridgehead atoms. The fraction of sp³-hybridized carbons (Fsp3) is 0.421. The van der Waals surface area contributed by atoms with Crippen LogP contribution in [0.25, 0.3) is 0 Å². The summed E-state index contributed by atoms with van der Waals surface area (Å²) in [4.78, 5) is 14.5. The summed E-state index contributed by atoms with van der Waals surface area (Å²) in [6, 6.07) is 11.2. The molecule has 0 unspecified atom stereocenters. The standard InChI is InChI=1S/C19H22N4O3/c1-14-4-2-3-5-15(14)20-18(24)16-6-7-17(22-21-16)23-10-8-19(9-11-23)25-12-13-26-19/h2-7H,8-13H2,1H3,(H,20,24). The number of hydrogen-bond donors (Lipinski definition) is 1. The molecule has 2 saturated heterocycles. The molecule has 2 aliphatic rings. The summed E-state index contributed by atoms with van der Waals surface area (Å²) in [5.74, 6) is 0.103. The van der Waals surface area contributed by atoms with Crippen molar-refractivity contribution in [1.29, 1.82) is 0 Å². The first kappa shape index (κ1) is 16.9. The minimum absolute atomic E-state index is 0.260. The molecule has 7 nitrogen and oxygen atoms in total. The van der Waals surface area contributed by atoms with E-state index in [0.29, 0.717) is 18.9 Å². The van der Waals surface area contributed by atoms with Gasteiger partial charge in [0.15, 0.2) is 17.3 Å². The second-order valence-electron chi connectivity index (χ2n) is 6.64. The van der Waals surface area contributed by atoms with Gasteiger partial charge in [-0.15, -0.1) is 10.2 Å². The normalized spacial score (nSPS) is 18.9. The molecule has 4 rings (SSSR count). The van der Waals surface area contributed by atoms with Gasteiger partial charge in [-0.05, 0) is 30.7 Å². The molecule has 0 radical (unpaired) electrons. The van der Waals surface area contributed by atoms with Crippen molar-refractivity contribution in [2.45, 2.75) is 25.6 Å². The molecule has 3 heterocycles. The van der Waals surface area contributed by atoms with Gasteiger partial charge in [0.1, 0.15) is 0 Å². The summed E-state index contributed by atoms with van der Waals surface area (Å²) < 4.78 is 11.5. The number of aryl methyl sites for hydroxylation is 1. The molecule has 1 N–H and O–H groups in total. The fourth-order valence-corrected chi connectivity index (χ4v) is 3.38. The Balaban J connectivity index is 1.39. The maximum atomic E-state index is 12.4. The van der Waals surface area contributed by atoms with Crippen molar-refractivity contribution in [3.8, 4) is 0 Å². The molecule has 1 aromatic carbocycles. The lowest BCUT2D eigenvalue weighted by Gasteiger charge is -2.37. The minimum Gasteiger partial charge on any atom is -0.355 e. The number of carbonyl (C=O) groups excluding carboxylic acids is 1. The third kappa shape index (κ3) is 3.40. The smallest absolute Gasteiger partial charge is 0.276 e. The molecule has 0 saturated carbocycles. The Morgan fingerprint density at radius 1 is 1.08 bits per heavy atom. The Kier molecular flexibility index (Phi) is 4.57. The Labute approximate surface area is 152 Å². The summed E-state index contributed by atoms with van der Waals surface area (Å²) in [6.07, 6.45) is 1.62. The summed E-state index contributed by atoms with van der Waals surface area (Å²) in [7, 11) is 0. The van der Waals surface area contributed by atoms with Crippen molar-refractivity contribution in [2.75, 3.05) is 36.5 Å². The second-order valence-corrected chi connectivity index (χ2v) is 6.64. The van der Waals surface area contributed by atoms with Gasteiger partial charge in [-0.2, -0.15) is 0 Å². The second kappa shape index (κ2) is 7.01. The number of carbonyl (C=O) groups is 1. The average Bonchev–Trinajstić information content (AvgIpc) is 3.12. The van der Waals surface area contributed by atoms with Gasteiger partial charge in [-0.1, -0.05) is 18.2 Å². The highest BCUT2D eigenvalue weighted by Crippen LogP contribution is 2.32. The lowest BCUT2D eigenvalue weighted by atomic mass is 10.0. The number of ether oxygens (including phenoxy) is 2. The van der Waals surface area contributed by atoms with Gasteiger partial charge >= 0.3 is 0 Å². The van der Waals surface area contributed by atoms with Crippen molar-refractivity contribution in [3.63, 3.8) is 0 Å². The predicted octanol–water partition coefficient (Wildman–Crippen LogP) is 2.38. The van der Waals surface area contributed by atoms with Crippen LogP contribution in [0.4, 0.5) is 11.5 Å². The first-order valence-corrected chi connectivity index (χ1v) is 8.89. The lowest BCUT2D eigenvalue weighted by molar-refractivity contribution is -0.169. The van der Waals surface area contributed by atoms with Crippen LogP contribution in [0.3, 0.4) is 0 Å². The van der Waals surface area contributed by atoms with E-state index in [1.54, 1.807) is 6.07 Å². The Morgan fingerprint density at radius 3 is 2.46 bits per heavy atom. The van der Waals surface area contributed by atoms with E-state index in [9.17, 15) is 4.79 Å². The van der Waals surface area contributed by atoms with Gasteiger partial charge in [0.05, 0.1) is 13.2 Å². The molecule has 26 heavy (non-hydrogen) atoms. The van der Waals surface area contributed by atoms with Gasteiger partial charge in [0.2, 0.25) is 0 Å². The largest absolute Gasteiger partial charge is 0.355 e. The van der Waals surface area contributed by atoms with Crippen LogP contribution < -0.4 is 10.2 Å². The highest BCUT2D eigenvalue weighted by atomic mass is 16.7. The molecule has 2 aromatic rings. The third-order valence-corrected chi connectivity index (χ3v) is 4.94. The number of para-hydroxylation sites is 1. The van der Waals surface area contributed by atoms with E-state index in [1.165, 1.54) is 0 Å². The molecule has 1 aromatic heterocycles. The molecule has 1 amide bonds. The zero-order chi connectivity index (χ0) is 18.0. The van der Waals surface area contributed by atoms with Crippen LogP contribution in [0.5, 0.6) is 0 Å². The zero-order valence-corrected chi connectivity index (χ0v) is 14.8. The number of aromatic nitrogens is 2. The molecular formula is C19H22N4O3. The van der Waals surface area contributed by atoms with Crippen molar-refractivity contribution in [2.24, 2.45) is 0 Å². The minimum atomic E-state index is -0.405. The number of amides is 1. The summed E-state index contributed by atoms with van der Waals surface area (Å²) in [6.45, 7) is 4.88. The summed E-state index contributed by atoms with van der Waals surface area (Å²) in [5, 5.41) is 11.2. The Bertz CT molecular complexity index is 778. The average molecular weight is 354 g/mol. The van der Waals surface area contributed by atoms with Crippen LogP contribution in [0, 0.1) is 6.92 Å². The molecule has 0 aliphatic carbocycles. The fourth-order valence-electron chi connectivity index (χ4n) is 3.38. The first-order valence-electron chi connectivity index (χ1n) is 8.89. The van der Waals surface area contributed by atoms with E-state index in [4.69, 9.17) is 9.47 Å². The van der Waals surface area contributed by atoms with E-state index < -0.39 is 5.79 Å². The quantitative estimate of drug-likeness (QED) is 0.912. The van der Waals surface area contributed by atoms with E-state index >= 15 is 0 Å². The molecule has 7 heteroatoms. The molecular weight excluding hydrogens is 332 g/mol. The van der Waals surface area contributed by atoms with Crippen LogP contribution in [0.2, 0.25) is 0 Å². The van der Waals surface area contributed by atoms with Gasteiger partial charge in [-0.3, -0.25) is 4.79 Å². The van der Waals surface area contributed by atoms with Gasteiger partial charge in [0.25, 0.3) is 5.91 Å². The van der Waals surface area contributed by atoms with Crippen molar-refractivity contribution in [3.05, 3.63) is 47.7 Å². The van der Waals surface area contributed by atoms with Crippen LogP contribution in [-0.2, 0) is 9.47 Å². The summed E-state index contributed by atoms with van der Waals surface area (Å²) in [5.41, 5.74) is 2.08. The molecule has 2 fully saturated rings. The molecule has 0 atom stereocenters. The zero-order valence-electron chi connectivity index (χ0n) is 14.8. The van der Waals surface area contributed by atoms with E-state index in [1.807, 2.05) is 37.3 Å². The van der Waals surface area contributed by atoms with Crippen molar-refractivity contribution >= 4 is 17.4 Å². The SMILES string of the molecule is Cc1ccccc1NC(=O)c1ccc(N2CCC3(CC2)OCCO3)nn1. The number of nitrogens with one attached hydrogen (secondary N) is 1.